The predicted octanol–water partition coefficient (Wildman–Crippen LogP) is 10.0. The number of aromatic hydroxyl groups is 1. The predicted molar refractivity (Wildman–Crippen MR) is 164 cm³/mol. The third-order valence-electron chi connectivity index (χ3n) is 6.69. The first kappa shape index (κ1) is 27.5. The summed E-state index contributed by atoms with van der Waals surface area (Å²) >= 11 is 2.27. The lowest BCUT2D eigenvalue weighted by Gasteiger charge is -2.20. The van der Waals surface area contributed by atoms with Gasteiger partial charge in [0.2, 0.25) is 0 Å². The summed E-state index contributed by atoms with van der Waals surface area (Å²) in [5, 5.41) is 14.8. The van der Waals surface area contributed by atoms with Crippen molar-refractivity contribution in [3.63, 3.8) is 0 Å². The Morgan fingerprint density at radius 2 is 1.73 bits per heavy atom. The fourth-order valence-corrected chi connectivity index (χ4v) is 17.8. The van der Waals surface area contributed by atoms with Crippen molar-refractivity contribution in [2.45, 2.75) is 110 Å². The Balaban J connectivity index is 1.06. The number of hydrogen-bond donors (Lipinski definition) is 1. The first-order valence-corrected chi connectivity index (χ1v) is 20.6. The van der Waals surface area contributed by atoms with E-state index in [1.807, 2.05) is 25.7 Å². The van der Waals surface area contributed by atoms with E-state index in [0.717, 1.165) is 38.2 Å². The fraction of sp³-hybridized carbons (Fsp3) is 0.760. The normalized spacial score (nSPS) is 30.0. The maximum atomic E-state index is 10.3. The third kappa shape index (κ3) is 8.77. The average molecular weight is 579 g/mol. The number of benzene rings is 1. The Morgan fingerprint density at radius 1 is 0.909 bits per heavy atom. The Labute approximate surface area is 229 Å². The summed E-state index contributed by atoms with van der Waals surface area (Å²) in [5.41, 5.74) is 2.33. The molecule has 1 aromatic carbocycles. The molecule has 0 saturated carbocycles. The number of thioether (sulfide) groups is 1. The van der Waals surface area contributed by atoms with E-state index in [-0.39, 0.29) is 5.41 Å². The van der Waals surface area contributed by atoms with Gasteiger partial charge in [0.25, 0.3) is 0 Å². The van der Waals surface area contributed by atoms with Gasteiger partial charge in [0, 0.05) is 32.0 Å². The number of unbranched alkanes of at least 4 members (excludes halogenated alkanes) is 4. The van der Waals surface area contributed by atoms with Crippen LogP contribution < -0.4 is 0 Å². The quantitative estimate of drug-likeness (QED) is 0.166. The monoisotopic (exact) mass is 578 g/mol. The average Bonchev–Trinajstić information content (AvgIpc) is 3.30. The van der Waals surface area contributed by atoms with E-state index >= 15 is 0 Å². The number of rotatable bonds is 10. The highest BCUT2D eigenvalue weighted by atomic mass is 33.7. The van der Waals surface area contributed by atoms with Crippen molar-refractivity contribution < 1.29 is 5.11 Å². The Kier molecular flexibility index (Phi) is 11.1. The first-order chi connectivity index (χ1) is 15.9. The molecule has 3 aliphatic heterocycles. The molecule has 0 radical (unpaired) electrons. The molecule has 0 amide bonds. The highest BCUT2D eigenvalue weighted by Crippen LogP contribution is 2.59. The maximum Gasteiger partial charge on any atom is 0.119 e. The largest absolute Gasteiger partial charge is 0.508 e. The second-order valence-electron chi connectivity index (χ2n) is 10.5. The Bertz CT molecular complexity index is 753. The van der Waals surface area contributed by atoms with Crippen LogP contribution >= 0.6 is 74.6 Å². The molecule has 0 spiro atoms. The molecule has 4 rings (SSSR count). The molecule has 0 aromatic heterocycles. The molecule has 8 heteroatoms. The molecule has 0 aliphatic carbocycles. The van der Waals surface area contributed by atoms with E-state index in [1.54, 1.807) is 0 Å². The van der Waals surface area contributed by atoms with Crippen molar-refractivity contribution in [3.8, 4) is 5.75 Å². The van der Waals surface area contributed by atoms with E-state index in [0.29, 0.717) is 5.75 Å². The molecule has 186 valence electrons. The maximum absolute atomic E-state index is 10.3. The van der Waals surface area contributed by atoms with E-state index in [4.69, 9.17) is 0 Å². The van der Waals surface area contributed by atoms with Crippen LogP contribution in [0.15, 0.2) is 18.2 Å². The highest BCUT2D eigenvalue weighted by molar-refractivity contribution is 9.26. The lowest BCUT2D eigenvalue weighted by molar-refractivity contribution is 0.445. The van der Waals surface area contributed by atoms with E-state index in [1.165, 1.54) is 62.7 Å². The van der Waals surface area contributed by atoms with Gasteiger partial charge in [-0.05, 0) is 74.4 Å². The van der Waals surface area contributed by atoms with Gasteiger partial charge in [0.05, 0.1) is 0 Å². The van der Waals surface area contributed by atoms with Gasteiger partial charge >= 0.3 is 0 Å². The van der Waals surface area contributed by atoms with Crippen LogP contribution in [-0.2, 0) is 11.8 Å². The number of phenolic OH excluding ortho intramolecular Hbond substituents is 1. The van der Waals surface area contributed by atoms with E-state index < -0.39 is 0 Å². The molecule has 5 unspecified atom stereocenters. The molecule has 3 fully saturated rings. The molecule has 33 heavy (non-hydrogen) atoms. The van der Waals surface area contributed by atoms with Crippen molar-refractivity contribution in [2.24, 2.45) is 0 Å². The molecule has 3 aliphatic rings. The minimum atomic E-state index is 0.00351. The van der Waals surface area contributed by atoms with Gasteiger partial charge in [-0.1, -0.05) is 102 Å². The topological polar surface area (TPSA) is 20.2 Å². The molecule has 3 saturated heterocycles. The molecule has 1 nitrogen and oxygen atoms in total. The van der Waals surface area contributed by atoms with Crippen LogP contribution in [-0.4, -0.2) is 37.1 Å². The van der Waals surface area contributed by atoms with Crippen LogP contribution in [0.25, 0.3) is 0 Å². The second-order valence-corrected chi connectivity index (χ2v) is 21.0. The van der Waals surface area contributed by atoms with Gasteiger partial charge in [0.1, 0.15) is 5.75 Å². The Morgan fingerprint density at radius 3 is 2.55 bits per heavy atom. The standard InChI is InChI=1S/C25H38OS7/c1-25(2,3)19-12-11-17(13-20(19)26)9-7-5-4-6-8-10-21-22(28-21)15-24-23-14-18(29-30-23)16-27-32-33-31-24/h11-13,18,21-24,26H,4-10,14-16H2,1-3H3. The lowest BCUT2D eigenvalue weighted by Crippen LogP contribution is -2.21. The minimum absolute atomic E-state index is 0.00351. The van der Waals surface area contributed by atoms with Crippen molar-refractivity contribution in [1.82, 2.24) is 0 Å². The summed E-state index contributed by atoms with van der Waals surface area (Å²) in [7, 11) is 12.7. The minimum Gasteiger partial charge on any atom is -0.508 e. The smallest absolute Gasteiger partial charge is 0.119 e. The molecule has 2 bridgehead atoms. The molecule has 1 N–H and O–H groups in total. The number of hydrogen-bond acceptors (Lipinski definition) is 8. The molecular formula is C25H38OS7. The summed E-state index contributed by atoms with van der Waals surface area (Å²) in [6.45, 7) is 6.46. The molecule has 5 atom stereocenters. The van der Waals surface area contributed by atoms with Crippen LogP contribution in [0.2, 0.25) is 0 Å². The zero-order valence-electron chi connectivity index (χ0n) is 20.0. The SMILES string of the molecule is CC(C)(C)c1ccc(CCCCCCCC2SC2CC2SSSSCC3CC2SS3)cc1O. The summed E-state index contributed by atoms with van der Waals surface area (Å²) < 4.78 is 0. The number of fused-ring (bicyclic) bond motifs is 2. The van der Waals surface area contributed by atoms with Crippen LogP contribution in [0.3, 0.4) is 0 Å². The van der Waals surface area contributed by atoms with Crippen LogP contribution in [0, 0.1) is 0 Å². The zero-order chi connectivity index (χ0) is 23.3. The zero-order valence-corrected chi connectivity index (χ0v) is 25.7. The van der Waals surface area contributed by atoms with Gasteiger partial charge in [0.15, 0.2) is 0 Å². The van der Waals surface area contributed by atoms with Crippen molar-refractivity contribution in [2.75, 3.05) is 5.75 Å². The van der Waals surface area contributed by atoms with Crippen LogP contribution in [0.4, 0.5) is 0 Å². The lowest BCUT2D eigenvalue weighted by atomic mass is 9.85. The summed E-state index contributed by atoms with van der Waals surface area (Å²) in [6, 6.07) is 6.31. The molecule has 1 aromatic rings. The molecule has 3 heterocycles. The Hall–Kier alpha value is 1.47. The first-order valence-electron chi connectivity index (χ1n) is 12.3. The van der Waals surface area contributed by atoms with Gasteiger partial charge < -0.3 is 5.11 Å². The fourth-order valence-electron chi connectivity index (χ4n) is 4.68. The third-order valence-corrected chi connectivity index (χ3v) is 18.9. The van der Waals surface area contributed by atoms with E-state index in [9.17, 15) is 5.11 Å². The number of aryl methyl sites for hydroxylation is 1. The van der Waals surface area contributed by atoms with Gasteiger partial charge in [-0.25, -0.2) is 0 Å². The van der Waals surface area contributed by atoms with Crippen molar-refractivity contribution in [1.29, 1.82) is 0 Å². The van der Waals surface area contributed by atoms with Crippen molar-refractivity contribution in [3.05, 3.63) is 29.3 Å². The van der Waals surface area contributed by atoms with Crippen molar-refractivity contribution >= 4 is 74.6 Å². The van der Waals surface area contributed by atoms with Gasteiger partial charge in [-0.3, -0.25) is 0 Å². The van der Waals surface area contributed by atoms with Gasteiger partial charge in [-0.2, -0.15) is 11.8 Å². The summed E-state index contributed by atoms with van der Waals surface area (Å²) in [6.07, 6.45) is 12.1. The summed E-state index contributed by atoms with van der Waals surface area (Å²) in [5.74, 6) is 1.79. The number of phenols is 1. The highest BCUT2D eigenvalue weighted by Gasteiger charge is 2.43. The van der Waals surface area contributed by atoms with Gasteiger partial charge in [-0.15, -0.1) is 0 Å². The summed E-state index contributed by atoms with van der Waals surface area (Å²) in [4.78, 5) is 0. The van der Waals surface area contributed by atoms with Crippen LogP contribution in [0.5, 0.6) is 5.75 Å². The molecular weight excluding hydrogens is 541 g/mol. The van der Waals surface area contributed by atoms with E-state index in [2.05, 4.69) is 87.8 Å². The second kappa shape index (κ2) is 13.3. The van der Waals surface area contributed by atoms with Crippen LogP contribution in [0.1, 0.15) is 83.3 Å².